The van der Waals surface area contributed by atoms with Crippen molar-refractivity contribution >= 4 is 34.0 Å². The van der Waals surface area contributed by atoms with Crippen molar-refractivity contribution in [2.75, 3.05) is 18.5 Å². The maximum absolute atomic E-state index is 13.1. The second-order valence-electron chi connectivity index (χ2n) is 7.56. The molecule has 0 fully saturated rings. The van der Waals surface area contributed by atoms with Gasteiger partial charge in [-0.15, -0.1) is 0 Å². The average Bonchev–Trinajstić information content (AvgIpc) is 2.95. The highest BCUT2D eigenvalue weighted by Crippen LogP contribution is 2.37. The Hall–Kier alpha value is -3.06. The fourth-order valence-corrected chi connectivity index (χ4v) is 3.53. The van der Waals surface area contributed by atoms with E-state index in [1.807, 2.05) is 13.8 Å². The van der Waals surface area contributed by atoms with Crippen LogP contribution >= 0.6 is 11.6 Å². The third-order valence-corrected chi connectivity index (χ3v) is 5.02. The lowest BCUT2D eigenvalue weighted by Crippen LogP contribution is -2.29. The summed E-state index contributed by atoms with van der Waals surface area (Å²) in [5.74, 6) is 0.808. The number of aromatic nitrogens is 2. The van der Waals surface area contributed by atoms with Crippen LogP contribution in [0.5, 0.6) is 11.5 Å². The first kappa shape index (κ1) is 20.2. The van der Waals surface area contributed by atoms with Gasteiger partial charge in [0.05, 0.1) is 29.3 Å². The number of hydrogen-bond donors (Lipinski definition) is 1. The van der Waals surface area contributed by atoms with Crippen molar-refractivity contribution in [3.8, 4) is 11.5 Å². The lowest BCUT2D eigenvalue weighted by atomic mass is 10.1. The summed E-state index contributed by atoms with van der Waals surface area (Å²) in [6.45, 7) is 5.45. The minimum atomic E-state index is -0.458. The van der Waals surface area contributed by atoms with Crippen LogP contribution in [-0.2, 0) is 6.54 Å². The number of anilines is 1. The van der Waals surface area contributed by atoms with Crippen molar-refractivity contribution in [2.45, 2.75) is 26.8 Å². The first-order chi connectivity index (χ1) is 14.4. The zero-order valence-corrected chi connectivity index (χ0v) is 17.5. The van der Waals surface area contributed by atoms with E-state index in [0.717, 1.165) is 6.42 Å². The van der Waals surface area contributed by atoms with Gasteiger partial charge in [0.1, 0.15) is 0 Å². The van der Waals surface area contributed by atoms with Crippen molar-refractivity contribution in [1.82, 2.24) is 9.78 Å². The summed E-state index contributed by atoms with van der Waals surface area (Å²) in [4.78, 5) is 25.9. The fourth-order valence-electron chi connectivity index (χ4n) is 3.33. The number of ether oxygens (including phenoxy) is 2. The number of benzene rings is 2. The summed E-state index contributed by atoms with van der Waals surface area (Å²) >= 11 is 6.36. The highest BCUT2D eigenvalue weighted by Gasteiger charge is 2.20. The van der Waals surface area contributed by atoms with Crippen LogP contribution in [0.15, 0.2) is 41.2 Å². The molecule has 0 unspecified atom stereocenters. The Morgan fingerprint density at radius 3 is 2.53 bits per heavy atom. The predicted molar refractivity (Wildman–Crippen MR) is 116 cm³/mol. The minimum Gasteiger partial charge on any atom is -0.490 e. The number of hydrogen-bond acceptors (Lipinski definition) is 5. The summed E-state index contributed by atoms with van der Waals surface area (Å²) in [6.07, 6.45) is 0.765. The molecule has 3 aromatic rings. The number of amides is 1. The van der Waals surface area contributed by atoms with Crippen LogP contribution in [0.25, 0.3) is 10.8 Å². The molecule has 1 aliphatic rings. The Labute approximate surface area is 178 Å². The zero-order chi connectivity index (χ0) is 21.3. The predicted octanol–water partition coefficient (Wildman–Crippen LogP) is 4.12. The van der Waals surface area contributed by atoms with Crippen LogP contribution < -0.4 is 20.3 Å². The lowest BCUT2D eigenvalue weighted by Gasteiger charge is -2.14. The normalized spacial score (nSPS) is 13.3. The van der Waals surface area contributed by atoms with Gasteiger partial charge < -0.3 is 14.8 Å². The standard InChI is InChI=1S/C22H22ClN3O4/c1-13(2)12-26-22(28)15-7-4-3-6-14(15)20(25-26)21(27)24-17-11-19-18(10-16(17)23)29-8-5-9-30-19/h3-4,6-7,10-11,13H,5,8-9,12H2,1-2H3,(H,24,27). The van der Waals surface area contributed by atoms with Gasteiger partial charge in [0, 0.05) is 30.5 Å². The molecule has 0 saturated heterocycles. The van der Waals surface area contributed by atoms with Crippen molar-refractivity contribution < 1.29 is 14.3 Å². The quantitative estimate of drug-likeness (QED) is 0.677. The minimum absolute atomic E-state index is 0.161. The second-order valence-corrected chi connectivity index (χ2v) is 7.97. The summed E-state index contributed by atoms with van der Waals surface area (Å²) < 4.78 is 12.7. The Kier molecular flexibility index (Phi) is 5.63. The molecule has 1 aliphatic heterocycles. The van der Waals surface area contributed by atoms with E-state index in [2.05, 4.69) is 10.4 Å². The van der Waals surface area contributed by atoms with E-state index in [4.69, 9.17) is 21.1 Å². The van der Waals surface area contributed by atoms with Gasteiger partial charge in [-0.2, -0.15) is 5.10 Å². The summed E-state index contributed by atoms with van der Waals surface area (Å²) in [5.41, 5.74) is 0.330. The summed E-state index contributed by atoms with van der Waals surface area (Å²) in [5, 5.41) is 8.43. The van der Waals surface area contributed by atoms with Crippen LogP contribution in [0.4, 0.5) is 5.69 Å². The third kappa shape index (κ3) is 3.98. The molecule has 156 valence electrons. The van der Waals surface area contributed by atoms with Gasteiger partial charge in [-0.1, -0.05) is 43.6 Å². The van der Waals surface area contributed by atoms with E-state index in [0.29, 0.717) is 52.7 Å². The molecular formula is C22H22ClN3O4. The van der Waals surface area contributed by atoms with Crippen LogP contribution in [0.3, 0.4) is 0 Å². The van der Waals surface area contributed by atoms with Crippen LogP contribution in [0.1, 0.15) is 30.8 Å². The molecule has 7 nitrogen and oxygen atoms in total. The van der Waals surface area contributed by atoms with Gasteiger partial charge in [-0.05, 0) is 12.0 Å². The molecule has 0 bridgehead atoms. The van der Waals surface area contributed by atoms with Gasteiger partial charge in [-0.25, -0.2) is 4.68 Å². The van der Waals surface area contributed by atoms with Crippen LogP contribution in [0.2, 0.25) is 5.02 Å². The van der Waals surface area contributed by atoms with Crippen LogP contribution in [-0.4, -0.2) is 28.9 Å². The van der Waals surface area contributed by atoms with E-state index >= 15 is 0 Å². The molecular weight excluding hydrogens is 406 g/mol. The Bertz CT molecular complexity index is 1170. The number of carbonyl (C=O) groups is 1. The SMILES string of the molecule is CC(C)Cn1nc(C(=O)Nc2cc3c(cc2Cl)OCCCO3)c2ccccc2c1=O. The first-order valence-corrected chi connectivity index (χ1v) is 10.2. The number of nitrogens with zero attached hydrogens (tertiary/aromatic N) is 2. The van der Waals surface area contributed by atoms with E-state index in [9.17, 15) is 9.59 Å². The van der Waals surface area contributed by atoms with Crippen molar-refractivity contribution in [3.05, 3.63) is 57.5 Å². The van der Waals surface area contributed by atoms with Crippen LogP contribution in [0, 0.1) is 5.92 Å². The maximum atomic E-state index is 13.1. The van der Waals surface area contributed by atoms with Crippen molar-refractivity contribution in [3.63, 3.8) is 0 Å². The monoisotopic (exact) mass is 427 g/mol. The maximum Gasteiger partial charge on any atom is 0.276 e. The third-order valence-electron chi connectivity index (χ3n) is 4.71. The molecule has 8 heteroatoms. The van der Waals surface area contributed by atoms with Gasteiger partial charge in [-0.3, -0.25) is 9.59 Å². The van der Waals surface area contributed by atoms with Crippen molar-refractivity contribution in [1.29, 1.82) is 0 Å². The lowest BCUT2D eigenvalue weighted by molar-refractivity contribution is 0.102. The molecule has 1 amide bonds. The molecule has 4 rings (SSSR count). The molecule has 2 heterocycles. The molecule has 0 spiro atoms. The zero-order valence-electron chi connectivity index (χ0n) is 16.8. The smallest absolute Gasteiger partial charge is 0.276 e. The van der Waals surface area contributed by atoms with Gasteiger partial charge >= 0.3 is 0 Å². The highest BCUT2D eigenvalue weighted by molar-refractivity contribution is 6.34. The number of halogens is 1. The number of rotatable bonds is 4. The Morgan fingerprint density at radius 2 is 1.83 bits per heavy atom. The molecule has 0 saturated carbocycles. The molecule has 0 aliphatic carbocycles. The second kappa shape index (κ2) is 8.36. The molecule has 0 atom stereocenters. The molecule has 1 N–H and O–H groups in total. The molecule has 30 heavy (non-hydrogen) atoms. The molecule has 1 aromatic heterocycles. The first-order valence-electron chi connectivity index (χ1n) is 9.84. The number of carbonyl (C=O) groups excluding carboxylic acids is 1. The molecule has 2 aromatic carbocycles. The van der Waals surface area contributed by atoms with E-state index in [-0.39, 0.29) is 17.2 Å². The Balaban J connectivity index is 1.74. The molecule has 0 radical (unpaired) electrons. The van der Waals surface area contributed by atoms with Gasteiger partial charge in [0.25, 0.3) is 11.5 Å². The highest BCUT2D eigenvalue weighted by atomic mass is 35.5. The average molecular weight is 428 g/mol. The fraction of sp³-hybridized carbons (Fsp3) is 0.318. The summed E-state index contributed by atoms with van der Waals surface area (Å²) in [7, 11) is 0. The summed E-state index contributed by atoms with van der Waals surface area (Å²) in [6, 6.07) is 10.2. The van der Waals surface area contributed by atoms with E-state index in [1.165, 1.54) is 4.68 Å². The number of fused-ring (bicyclic) bond motifs is 2. The Morgan fingerprint density at radius 1 is 1.17 bits per heavy atom. The van der Waals surface area contributed by atoms with E-state index < -0.39 is 5.91 Å². The van der Waals surface area contributed by atoms with Gasteiger partial charge in [0.15, 0.2) is 17.2 Å². The topological polar surface area (TPSA) is 82.5 Å². The largest absolute Gasteiger partial charge is 0.490 e. The van der Waals surface area contributed by atoms with Gasteiger partial charge in [0.2, 0.25) is 0 Å². The van der Waals surface area contributed by atoms with E-state index in [1.54, 1.807) is 36.4 Å². The van der Waals surface area contributed by atoms with Crippen molar-refractivity contribution in [2.24, 2.45) is 5.92 Å². The number of nitrogens with one attached hydrogen (secondary N) is 1.